The Balaban J connectivity index is 1.46. The van der Waals surface area contributed by atoms with Gasteiger partial charge < -0.3 is 15.0 Å². The maximum atomic E-state index is 9.40. The van der Waals surface area contributed by atoms with Gasteiger partial charge >= 0.3 is 0 Å². The first kappa shape index (κ1) is 21.6. The van der Waals surface area contributed by atoms with Crippen molar-refractivity contribution < 1.29 is 4.74 Å². The minimum absolute atomic E-state index is 0.00917. The van der Waals surface area contributed by atoms with Crippen LogP contribution in [-0.4, -0.2) is 60.5 Å². The van der Waals surface area contributed by atoms with Gasteiger partial charge in [0.25, 0.3) is 0 Å². The standard InChI is InChI=1S/C26H30N6O/c1-17-20(14-27)5-4-6-23(17)18(2)28-26-25-13-21(7-8-24(25)19(3)29-30-26)32-10-9-31-11-12-33-16-22(31)15-32/h4-8,13,18,22H,9-12,15-16H2,1-3H3,(H,28,30)/t18?,22-/m0/s1. The Kier molecular flexibility index (Phi) is 5.88. The summed E-state index contributed by atoms with van der Waals surface area (Å²) in [4.78, 5) is 5.00. The lowest BCUT2D eigenvalue weighted by atomic mass is 9.98. The lowest BCUT2D eigenvalue weighted by Crippen LogP contribution is -2.58. The third kappa shape index (κ3) is 4.12. The molecule has 7 heteroatoms. The first-order valence-electron chi connectivity index (χ1n) is 11.6. The number of aryl methyl sites for hydroxylation is 1. The number of ether oxygens (including phenoxy) is 1. The third-order valence-electron chi connectivity index (χ3n) is 7.07. The number of rotatable bonds is 4. The van der Waals surface area contributed by atoms with Crippen molar-refractivity contribution in [3.8, 4) is 6.07 Å². The highest BCUT2D eigenvalue weighted by atomic mass is 16.5. The van der Waals surface area contributed by atoms with E-state index in [9.17, 15) is 5.26 Å². The fraction of sp³-hybridized carbons (Fsp3) is 0.423. The SMILES string of the molecule is Cc1c(C#N)cccc1C(C)Nc1nnc(C)c2ccc(N3CCN4CCOC[C@@H]4C3)cc12. The first-order valence-corrected chi connectivity index (χ1v) is 11.6. The molecule has 7 nitrogen and oxygen atoms in total. The predicted octanol–water partition coefficient (Wildman–Crippen LogP) is 3.81. The molecule has 0 spiro atoms. The van der Waals surface area contributed by atoms with E-state index in [1.54, 1.807) is 0 Å². The monoisotopic (exact) mass is 442 g/mol. The van der Waals surface area contributed by atoms with Gasteiger partial charge in [0.15, 0.2) is 5.82 Å². The zero-order chi connectivity index (χ0) is 22.9. The van der Waals surface area contributed by atoms with E-state index < -0.39 is 0 Å². The fourth-order valence-corrected chi connectivity index (χ4v) is 5.09. The topological polar surface area (TPSA) is 77.3 Å². The largest absolute Gasteiger partial charge is 0.378 e. The van der Waals surface area contributed by atoms with E-state index in [1.807, 2.05) is 26.0 Å². The van der Waals surface area contributed by atoms with E-state index in [0.29, 0.717) is 11.6 Å². The zero-order valence-electron chi connectivity index (χ0n) is 19.5. The Morgan fingerprint density at radius 1 is 1.12 bits per heavy atom. The van der Waals surface area contributed by atoms with E-state index in [1.165, 1.54) is 5.69 Å². The summed E-state index contributed by atoms with van der Waals surface area (Å²) in [5.41, 5.74) is 4.92. The molecular weight excluding hydrogens is 412 g/mol. The molecular formula is C26H30N6O. The van der Waals surface area contributed by atoms with Crippen LogP contribution < -0.4 is 10.2 Å². The summed E-state index contributed by atoms with van der Waals surface area (Å²) in [6, 6.07) is 15.2. The van der Waals surface area contributed by atoms with Crippen molar-refractivity contribution in [2.75, 3.05) is 49.6 Å². The van der Waals surface area contributed by atoms with E-state index in [0.717, 1.165) is 72.8 Å². The summed E-state index contributed by atoms with van der Waals surface area (Å²) < 4.78 is 5.72. The number of benzene rings is 2. The average Bonchev–Trinajstić information content (AvgIpc) is 2.85. The van der Waals surface area contributed by atoms with E-state index >= 15 is 0 Å². The van der Waals surface area contributed by atoms with Crippen LogP contribution in [-0.2, 0) is 4.74 Å². The Hall–Kier alpha value is -3.21. The summed E-state index contributed by atoms with van der Waals surface area (Å²) >= 11 is 0. The second kappa shape index (κ2) is 8.97. The molecule has 2 aromatic carbocycles. The van der Waals surface area contributed by atoms with Crippen molar-refractivity contribution in [1.29, 1.82) is 5.26 Å². The van der Waals surface area contributed by atoms with Crippen LogP contribution in [0.3, 0.4) is 0 Å². The normalized spacial score (nSPS) is 19.7. The predicted molar refractivity (Wildman–Crippen MR) is 131 cm³/mol. The van der Waals surface area contributed by atoms with E-state index in [2.05, 4.69) is 62.6 Å². The number of nitrogens with one attached hydrogen (secondary N) is 1. The van der Waals surface area contributed by atoms with Crippen LogP contribution >= 0.6 is 0 Å². The molecule has 2 atom stereocenters. The van der Waals surface area contributed by atoms with Crippen LogP contribution in [0.1, 0.15) is 35.3 Å². The van der Waals surface area contributed by atoms with Crippen molar-refractivity contribution >= 4 is 22.3 Å². The Bertz CT molecular complexity index is 1220. The van der Waals surface area contributed by atoms with Crippen LogP contribution in [0, 0.1) is 25.2 Å². The van der Waals surface area contributed by atoms with Crippen LogP contribution in [0.5, 0.6) is 0 Å². The van der Waals surface area contributed by atoms with Crippen molar-refractivity contribution in [2.45, 2.75) is 32.9 Å². The number of nitriles is 1. The minimum atomic E-state index is -0.00917. The summed E-state index contributed by atoms with van der Waals surface area (Å²) in [7, 11) is 0. The van der Waals surface area contributed by atoms with Gasteiger partial charge in [-0.25, -0.2) is 0 Å². The lowest BCUT2D eigenvalue weighted by Gasteiger charge is -2.44. The van der Waals surface area contributed by atoms with Gasteiger partial charge in [-0.15, -0.1) is 5.10 Å². The second-order valence-corrected chi connectivity index (χ2v) is 9.07. The molecule has 33 heavy (non-hydrogen) atoms. The molecule has 0 aliphatic carbocycles. The number of hydrogen-bond acceptors (Lipinski definition) is 7. The number of hydrogen-bond donors (Lipinski definition) is 1. The average molecular weight is 443 g/mol. The maximum absolute atomic E-state index is 9.40. The van der Waals surface area contributed by atoms with Gasteiger partial charge in [-0.2, -0.15) is 10.4 Å². The number of fused-ring (bicyclic) bond motifs is 2. The summed E-state index contributed by atoms with van der Waals surface area (Å²) in [6.45, 7) is 11.8. The molecule has 0 saturated carbocycles. The van der Waals surface area contributed by atoms with Crippen LogP contribution in [0.2, 0.25) is 0 Å². The highest BCUT2D eigenvalue weighted by Gasteiger charge is 2.29. The van der Waals surface area contributed by atoms with E-state index in [-0.39, 0.29) is 6.04 Å². The van der Waals surface area contributed by atoms with Gasteiger partial charge in [0, 0.05) is 42.6 Å². The smallest absolute Gasteiger partial charge is 0.157 e. The minimum Gasteiger partial charge on any atom is -0.378 e. The Morgan fingerprint density at radius 2 is 2.00 bits per heavy atom. The summed E-state index contributed by atoms with van der Waals surface area (Å²) in [5, 5.41) is 24.1. The van der Waals surface area contributed by atoms with E-state index in [4.69, 9.17) is 4.74 Å². The quantitative estimate of drug-likeness (QED) is 0.658. The highest BCUT2D eigenvalue weighted by Crippen LogP contribution is 2.32. The fourth-order valence-electron chi connectivity index (χ4n) is 5.09. The van der Waals surface area contributed by atoms with Crippen LogP contribution in [0.4, 0.5) is 11.5 Å². The Morgan fingerprint density at radius 3 is 2.85 bits per heavy atom. The van der Waals surface area contributed by atoms with Gasteiger partial charge in [-0.3, -0.25) is 4.90 Å². The van der Waals surface area contributed by atoms with Gasteiger partial charge in [-0.05, 0) is 50.1 Å². The molecule has 2 aliphatic rings. The molecule has 2 fully saturated rings. The molecule has 1 N–H and O–H groups in total. The molecule has 3 aromatic rings. The molecule has 0 amide bonds. The number of anilines is 2. The maximum Gasteiger partial charge on any atom is 0.157 e. The van der Waals surface area contributed by atoms with Crippen molar-refractivity contribution in [3.05, 3.63) is 58.8 Å². The molecule has 170 valence electrons. The molecule has 1 unspecified atom stereocenters. The highest BCUT2D eigenvalue weighted by molar-refractivity contribution is 5.95. The van der Waals surface area contributed by atoms with Crippen LogP contribution in [0.25, 0.3) is 10.8 Å². The number of piperazine rings is 1. The third-order valence-corrected chi connectivity index (χ3v) is 7.07. The number of morpholine rings is 1. The number of aromatic nitrogens is 2. The van der Waals surface area contributed by atoms with Crippen LogP contribution in [0.15, 0.2) is 36.4 Å². The summed E-state index contributed by atoms with van der Waals surface area (Å²) in [5.74, 6) is 0.770. The van der Waals surface area contributed by atoms with Gasteiger partial charge in [0.2, 0.25) is 0 Å². The molecule has 5 rings (SSSR count). The Labute approximate surface area is 195 Å². The molecule has 2 saturated heterocycles. The zero-order valence-corrected chi connectivity index (χ0v) is 19.5. The summed E-state index contributed by atoms with van der Waals surface area (Å²) in [6.07, 6.45) is 0. The molecule has 3 heterocycles. The molecule has 1 aromatic heterocycles. The van der Waals surface area contributed by atoms with Gasteiger partial charge in [0.1, 0.15) is 0 Å². The lowest BCUT2D eigenvalue weighted by molar-refractivity contribution is -0.0116. The molecule has 0 radical (unpaired) electrons. The molecule has 2 aliphatic heterocycles. The van der Waals surface area contributed by atoms with Crippen molar-refractivity contribution in [2.24, 2.45) is 0 Å². The molecule has 0 bridgehead atoms. The van der Waals surface area contributed by atoms with Gasteiger partial charge in [0.05, 0.1) is 42.6 Å². The second-order valence-electron chi connectivity index (χ2n) is 9.07. The first-order chi connectivity index (χ1) is 16.0. The van der Waals surface area contributed by atoms with Gasteiger partial charge in [-0.1, -0.05) is 18.2 Å². The number of nitrogens with zero attached hydrogens (tertiary/aromatic N) is 5. The van der Waals surface area contributed by atoms with Crippen molar-refractivity contribution in [3.63, 3.8) is 0 Å². The van der Waals surface area contributed by atoms with Crippen molar-refractivity contribution in [1.82, 2.24) is 15.1 Å².